The Balaban J connectivity index is 1.93. The van der Waals surface area contributed by atoms with Crippen LogP contribution >= 0.6 is 0 Å². The fourth-order valence-electron chi connectivity index (χ4n) is 2.50. The van der Waals surface area contributed by atoms with Crippen LogP contribution in [0.4, 0.5) is 0 Å². The molecule has 0 amide bonds. The predicted octanol–water partition coefficient (Wildman–Crippen LogP) is 3.73. The summed E-state index contributed by atoms with van der Waals surface area (Å²) in [6.45, 7) is 1.96. The molecule has 0 aliphatic heterocycles. The van der Waals surface area contributed by atoms with E-state index in [1.165, 1.54) is 5.56 Å². The minimum Gasteiger partial charge on any atom is -0.318 e. The molecule has 2 rings (SSSR count). The molecule has 0 N–H and O–H groups in total. The van der Waals surface area contributed by atoms with Gasteiger partial charge in [-0.3, -0.25) is 0 Å². The molecule has 3 nitrogen and oxygen atoms in total. The molecule has 1 fully saturated rings. The van der Waals surface area contributed by atoms with Crippen molar-refractivity contribution >= 4 is 11.7 Å². The molecule has 0 spiro atoms. The van der Waals surface area contributed by atoms with Crippen molar-refractivity contribution in [2.75, 3.05) is 0 Å². The Morgan fingerprint density at radius 1 is 1.37 bits per heavy atom. The number of nitrogens with zero attached hydrogens (tertiary/aromatic N) is 1. The van der Waals surface area contributed by atoms with Crippen LogP contribution in [0, 0.1) is 5.92 Å². The first-order valence-electron chi connectivity index (χ1n) is 7.10. The Morgan fingerprint density at radius 3 is 2.89 bits per heavy atom. The van der Waals surface area contributed by atoms with Crippen LogP contribution in [0.15, 0.2) is 35.5 Å². The van der Waals surface area contributed by atoms with Crippen LogP contribution < -0.4 is 0 Å². The zero-order valence-electron chi connectivity index (χ0n) is 11.5. The Bertz CT molecular complexity index is 439. The van der Waals surface area contributed by atoms with Crippen molar-refractivity contribution in [2.24, 2.45) is 11.1 Å². The van der Waals surface area contributed by atoms with Crippen LogP contribution in [0.2, 0.25) is 0 Å². The third-order valence-corrected chi connectivity index (χ3v) is 3.50. The maximum Gasteiger partial charge on any atom is 0.334 e. The second kappa shape index (κ2) is 7.07. The Morgan fingerprint density at radius 2 is 2.16 bits per heavy atom. The minimum atomic E-state index is -0.222. The molecule has 0 heterocycles. The summed E-state index contributed by atoms with van der Waals surface area (Å²) in [6.07, 6.45) is 5.47. The topological polar surface area (TPSA) is 38.7 Å². The van der Waals surface area contributed by atoms with E-state index in [9.17, 15) is 4.79 Å². The van der Waals surface area contributed by atoms with Crippen molar-refractivity contribution < 1.29 is 9.63 Å². The number of hydrogen-bond donors (Lipinski definition) is 0. The number of rotatable bonds is 5. The van der Waals surface area contributed by atoms with Gasteiger partial charge in [0.25, 0.3) is 0 Å². The number of oxime groups is 1. The summed E-state index contributed by atoms with van der Waals surface area (Å²) in [5, 5.41) is 4.09. The van der Waals surface area contributed by atoms with E-state index >= 15 is 0 Å². The highest BCUT2D eigenvalue weighted by atomic mass is 16.7. The zero-order chi connectivity index (χ0) is 13.5. The van der Waals surface area contributed by atoms with Crippen molar-refractivity contribution in [1.29, 1.82) is 0 Å². The fourth-order valence-corrected chi connectivity index (χ4v) is 2.50. The first-order valence-corrected chi connectivity index (χ1v) is 7.10. The summed E-state index contributed by atoms with van der Waals surface area (Å²) < 4.78 is 0. The molecule has 19 heavy (non-hydrogen) atoms. The third kappa shape index (κ3) is 4.19. The summed E-state index contributed by atoms with van der Waals surface area (Å²) in [5.41, 5.74) is 2.37. The first-order chi connectivity index (χ1) is 9.29. The molecule has 1 unspecified atom stereocenters. The molecule has 1 aliphatic carbocycles. The minimum absolute atomic E-state index is 0.222. The van der Waals surface area contributed by atoms with Gasteiger partial charge in [0.05, 0.1) is 5.71 Å². The predicted molar refractivity (Wildman–Crippen MR) is 75.9 cm³/mol. The van der Waals surface area contributed by atoms with Gasteiger partial charge < -0.3 is 4.84 Å². The number of hydrogen-bond acceptors (Lipinski definition) is 3. The summed E-state index contributed by atoms with van der Waals surface area (Å²) in [5.74, 6) is 0.206. The average molecular weight is 259 g/mol. The van der Waals surface area contributed by atoms with Crippen molar-refractivity contribution in [3.8, 4) is 0 Å². The molecule has 1 atom stereocenters. The number of carbonyl (C=O) groups excluding carboxylic acids is 1. The standard InChI is InChI=1S/C16H21NO2/c1-2-7-16(18)19-17-15-11-6-10-14(15)12-13-8-4-3-5-9-13/h3-5,8-9,14H,2,6-7,10-12H2,1H3. The molecule has 1 aromatic rings. The van der Waals surface area contributed by atoms with E-state index in [4.69, 9.17) is 4.84 Å². The molecular weight excluding hydrogens is 238 g/mol. The van der Waals surface area contributed by atoms with Gasteiger partial charge in [0.2, 0.25) is 0 Å². The monoisotopic (exact) mass is 259 g/mol. The van der Waals surface area contributed by atoms with E-state index in [2.05, 4.69) is 29.4 Å². The van der Waals surface area contributed by atoms with E-state index < -0.39 is 0 Å². The maximum absolute atomic E-state index is 11.3. The van der Waals surface area contributed by atoms with Crippen molar-refractivity contribution in [1.82, 2.24) is 0 Å². The molecule has 3 heteroatoms. The summed E-state index contributed by atoms with van der Waals surface area (Å²) in [7, 11) is 0. The van der Waals surface area contributed by atoms with Gasteiger partial charge in [-0.05, 0) is 37.7 Å². The van der Waals surface area contributed by atoms with Crippen LogP contribution in [0.3, 0.4) is 0 Å². The fraction of sp³-hybridized carbons (Fsp3) is 0.500. The van der Waals surface area contributed by atoms with E-state index in [0.29, 0.717) is 12.3 Å². The van der Waals surface area contributed by atoms with E-state index in [1.54, 1.807) is 0 Å². The third-order valence-electron chi connectivity index (χ3n) is 3.50. The molecule has 1 aromatic carbocycles. The lowest BCUT2D eigenvalue weighted by atomic mass is 9.97. The van der Waals surface area contributed by atoms with E-state index in [0.717, 1.165) is 37.8 Å². The van der Waals surface area contributed by atoms with Gasteiger partial charge in [-0.1, -0.05) is 42.4 Å². The van der Waals surface area contributed by atoms with Gasteiger partial charge in [0.15, 0.2) is 0 Å². The van der Waals surface area contributed by atoms with Gasteiger partial charge in [0, 0.05) is 12.3 Å². The van der Waals surface area contributed by atoms with Gasteiger partial charge >= 0.3 is 5.97 Å². The molecule has 0 bridgehead atoms. The number of carbonyl (C=O) groups is 1. The van der Waals surface area contributed by atoms with Gasteiger partial charge in [-0.2, -0.15) is 0 Å². The largest absolute Gasteiger partial charge is 0.334 e. The lowest BCUT2D eigenvalue weighted by Crippen LogP contribution is -2.12. The van der Waals surface area contributed by atoms with Crippen LogP contribution in [-0.4, -0.2) is 11.7 Å². The number of benzene rings is 1. The highest BCUT2D eigenvalue weighted by Gasteiger charge is 2.23. The van der Waals surface area contributed by atoms with Crippen LogP contribution in [0.25, 0.3) is 0 Å². The first kappa shape index (κ1) is 13.8. The van der Waals surface area contributed by atoms with Gasteiger partial charge in [-0.25, -0.2) is 4.79 Å². The lowest BCUT2D eigenvalue weighted by molar-refractivity contribution is -0.143. The van der Waals surface area contributed by atoms with Crippen molar-refractivity contribution in [2.45, 2.75) is 45.4 Å². The van der Waals surface area contributed by atoms with Crippen LogP contribution in [-0.2, 0) is 16.1 Å². The van der Waals surface area contributed by atoms with Gasteiger partial charge in [0.1, 0.15) is 0 Å². The normalized spacial score (nSPS) is 20.7. The molecule has 0 radical (unpaired) electrons. The van der Waals surface area contributed by atoms with Crippen molar-refractivity contribution in [3.63, 3.8) is 0 Å². The SMILES string of the molecule is CCCC(=O)ON=C1CCCC1Cc1ccccc1. The quantitative estimate of drug-likeness (QED) is 0.597. The highest BCUT2D eigenvalue weighted by molar-refractivity contribution is 5.88. The molecular formula is C16H21NO2. The second-order valence-electron chi connectivity index (χ2n) is 5.07. The van der Waals surface area contributed by atoms with Crippen molar-refractivity contribution in [3.05, 3.63) is 35.9 Å². The molecule has 102 valence electrons. The molecule has 1 saturated carbocycles. The maximum atomic E-state index is 11.3. The molecule has 0 saturated heterocycles. The second-order valence-corrected chi connectivity index (χ2v) is 5.07. The Hall–Kier alpha value is -1.64. The Kier molecular flexibility index (Phi) is 5.13. The summed E-state index contributed by atoms with van der Waals surface area (Å²) in [4.78, 5) is 16.3. The van der Waals surface area contributed by atoms with Crippen LogP contribution in [0.5, 0.6) is 0 Å². The smallest absolute Gasteiger partial charge is 0.318 e. The molecule has 0 aromatic heterocycles. The average Bonchev–Trinajstić information content (AvgIpc) is 2.85. The summed E-state index contributed by atoms with van der Waals surface area (Å²) >= 11 is 0. The zero-order valence-corrected chi connectivity index (χ0v) is 11.5. The van der Waals surface area contributed by atoms with Crippen LogP contribution in [0.1, 0.15) is 44.6 Å². The summed E-state index contributed by atoms with van der Waals surface area (Å²) in [6, 6.07) is 10.4. The molecule has 1 aliphatic rings. The van der Waals surface area contributed by atoms with Gasteiger partial charge in [-0.15, -0.1) is 0 Å². The van der Waals surface area contributed by atoms with E-state index in [1.807, 2.05) is 13.0 Å². The van der Waals surface area contributed by atoms with E-state index in [-0.39, 0.29) is 5.97 Å². The lowest BCUT2D eigenvalue weighted by Gasteiger charge is -2.10. The highest BCUT2D eigenvalue weighted by Crippen LogP contribution is 2.26. The Labute approximate surface area is 114 Å².